The van der Waals surface area contributed by atoms with Gasteiger partial charge in [-0.15, -0.1) is 11.3 Å². The SMILES string of the molecule is CC(Sc1ncnc2scc(-c3ccc(F)cc3)c12)c1nc(C2CC2)no1. The Bertz CT molecular complexity index is 1100. The van der Waals surface area contributed by atoms with Crippen molar-refractivity contribution in [3.05, 3.63) is 53.5 Å². The Morgan fingerprint density at radius 3 is 2.81 bits per heavy atom. The molecular weight excluding hydrogens is 383 g/mol. The summed E-state index contributed by atoms with van der Waals surface area (Å²) in [7, 11) is 0. The predicted molar refractivity (Wildman–Crippen MR) is 103 cm³/mol. The predicted octanol–water partition coefficient (Wildman–Crippen LogP) is 5.61. The van der Waals surface area contributed by atoms with Gasteiger partial charge >= 0.3 is 0 Å². The average Bonchev–Trinajstić information content (AvgIpc) is 3.24. The van der Waals surface area contributed by atoms with Crippen molar-refractivity contribution < 1.29 is 8.91 Å². The number of hydrogen-bond donors (Lipinski definition) is 0. The van der Waals surface area contributed by atoms with Crippen LogP contribution in [0.5, 0.6) is 0 Å². The first-order valence-corrected chi connectivity index (χ1v) is 10.4. The van der Waals surface area contributed by atoms with E-state index in [-0.39, 0.29) is 11.1 Å². The minimum Gasteiger partial charge on any atom is -0.338 e. The zero-order valence-electron chi connectivity index (χ0n) is 14.4. The Balaban J connectivity index is 1.50. The monoisotopic (exact) mass is 398 g/mol. The Morgan fingerprint density at radius 2 is 2.04 bits per heavy atom. The molecule has 5 nitrogen and oxygen atoms in total. The highest BCUT2D eigenvalue weighted by molar-refractivity contribution is 7.99. The lowest BCUT2D eigenvalue weighted by atomic mass is 10.1. The molecular formula is C19H15FN4OS2. The van der Waals surface area contributed by atoms with E-state index in [1.165, 1.54) is 12.1 Å². The van der Waals surface area contributed by atoms with Gasteiger partial charge in [0.25, 0.3) is 0 Å². The van der Waals surface area contributed by atoms with E-state index >= 15 is 0 Å². The molecule has 1 aromatic carbocycles. The van der Waals surface area contributed by atoms with Crippen LogP contribution in [-0.4, -0.2) is 20.1 Å². The first-order chi connectivity index (χ1) is 13.2. The van der Waals surface area contributed by atoms with Gasteiger partial charge in [-0.25, -0.2) is 14.4 Å². The molecule has 0 amide bonds. The molecule has 0 spiro atoms. The fourth-order valence-electron chi connectivity index (χ4n) is 2.92. The third-order valence-corrected chi connectivity index (χ3v) is 6.50. The van der Waals surface area contributed by atoms with Gasteiger partial charge in [0.05, 0.1) is 10.6 Å². The van der Waals surface area contributed by atoms with Gasteiger partial charge in [0.2, 0.25) is 5.89 Å². The van der Waals surface area contributed by atoms with Crippen molar-refractivity contribution in [3.8, 4) is 11.1 Å². The van der Waals surface area contributed by atoms with E-state index in [1.54, 1.807) is 41.6 Å². The fourth-order valence-corrected chi connectivity index (χ4v) is 4.86. The van der Waals surface area contributed by atoms with Gasteiger partial charge in [-0.3, -0.25) is 0 Å². The molecule has 8 heteroatoms. The third kappa shape index (κ3) is 3.23. The molecule has 4 aromatic rings. The Labute approximate surface area is 163 Å². The van der Waals surface area contributed by atoms with E-state index < -0.39 is 0 Å². The topological polar surface area (TPSA) is 64.7 Å². The van der Waals surface area contributed by atoms with Gasteiger partial charge in [0.1, 0.15) is 22.0 Å². The van der Waals surface area contributed by atoms with Crippen molar-refractivity contribution in [2.24, 2.45) is 0 Å². The molecule has 3 aromatic heterocycles. The van der Waals surface area contributed by atoms with E-state index in [1.807, 2.05) is 12.3 Å². The maximum atomic E-state index is 13.3. The van der Waals surface area contributed by atoms with Gasteiger partial charge in [-0.05, 0) is 37.5 Å². The van der Waals surface area contributed by atoms with Crippen molar-refractivity contribution in [1.29, 1.82) is 0 Å². The number of hydrogen-bond acceptors (Lipinski definition) is 7. The molecule has 1 fully saturated rings. The summed E-state index contributed by atoms with van der Waals surface area (Å²) in [4.78, 5) is 14.3. The largest absolute Gasteiger partial charge is 0.338 e. The third-order valence-electron chi connectivity index (χ3n) is 4.53. The smallest absolute Gasteiger partial charge is 0.239 e. The number of benzene rings is 1. The molecule has 1 saturated carbocycles. The lowest BCUT2D eigenvalue weighted by molar-refractivity contribution is 0.375. The maximum absolute atomic E-state index is 13.3. The quantitative estimate of drug-likeness (QED) is 0.321. The summed E-state index contributed by atoms with van der Waals surface area (Å²) in [5.41, 5.74) is 1.95. The second-order valence-electron chi connectivity index (χ2n) is 6.54. The molecule has 0 N–H and O–H groups in total. The number of nitrogens with zero attached hydrogens (tertiary/aromatic N) is 4. The fraction of sp³-hybridized carbons (Fsp3) is 0.263. The number of aromatic nitrogens is 4. The number of rotatable bonds is 5. The second-order valence-corrected chi connectivity index (χ2v) is 8.73. The lowest BCUT2D eigenvalue weighted by Gasteiger charge is -2.08. The van der Waals surface area contributed by atoms with Gasteiger partial charge < -0.3 is 4.52 Å². The molecule has 5 rings (SSSR count). The second kappa shape index (κ2) is 6.69. The molecule has 3 heterocycles. The van der Waals surface area contributed by atoms with Crippen LogP contribution < -0.4 is 0 Å². The summed E-state index contributed by atoms with van der Waals surface area (Å²) in [6, 6.07) is 6.50. The summed E-state index contributed by atoms with van der Waals surface area (Å²) < 4.78 is 18.8. The van der Waals surface area contributed by atoms with Crippen LogP contribution in [0.25, 0.3) is 21.3 Å². The molecule has 0 bridgehead atoms. The zero-order chi connectivity index (χ0) is 18.4. The highest BCUT2D eigenvalue weighted by atomic mass is 32.2. The molecule has 0 saturated heterocycles. The van der Waals surface area contributed by atoms with Crippen molar-refractivity contribution in [2.75, 3.05) is 0 Å². The van der Waals surface area contributed by atoms with Gasteiger partial charge in [-0.1, -0.05) is 29.1 Å². The van der Waals surface area contributed by atoms with E-state index in [9.17, 15) is 4.39 Å². The highest BCUT2D eigenvalue weighted by Gasteiger charge is 2.30. The first-order valence-electron chi connectivity index (χ1n) is 8.67. The molecule has 1 aliphatic carbocycles. The van der Waals surface area contributed by atoms with Crippen molar-refractivity contribution >= 4 is 33.3 Å². The molecule has 27 heavy (non-hydrogen) atoms. The molecule has 136 valence electrons. The van der Waals surface area contributed by atoms with Crippen LogP contribution in [0, 0.1) is 5.82 Å². The average molecular weight is 398 g/mol. The highest BCUT2D eigenvalue weighted by Crippen LogP contribution is 2.43. The minimum atomic E-state index is -0.249. The van der Waals surface area contributed by atoms with E-state index in [0.29, 0.717) is 11.8 Å². The van der Waals surface area contributed by atoms with Crippen LogP contribution >= 0.6 is 23.1 Å². The number of halogens is 1. The Hall–Kier alpha value is -2.32. The zero-order valence-corrected chi connectivity index (χ0v) is 16.1. The van der Waals surface area contributed by atoms with Gasteiger partial charge in [0.15, 0.2) is 5.82 Å². The minimum absolute atomic E-state index is 0.0240. The first kappa shape index (κ1) is 16.8. The molecule has 0 aliphatic heterocycles. The van der Waals surface area contributed by atoms with Crippen LogP contribution in [0.2, 0.25) is 0 Å². The summed E-state index contributed by atoms with van der Waals surface area (Å²) in [5.74, 6) is 1.65. The Morgan fingerprint density at radius 1 is 1.22 bits per heavy atom. The normalized spacial score (nSPS) is 15.3. The summed E-state index contributed by atoms with van der Waals surface area (Å²) in [6.07, 6.45) is 3.86. The summed E-state index contributed by atoms with van der Waals surface area (Å²) >= 11 is 3.13. The van der Waals surface area contributed by atoms with Crippen molar-refractivity contribution in [1.82, 2.24) is 20.1 Å². The van der Waals surface area contributed by atoms with Crippen molar-refractivity contribution in [3.63, 3.8) is 0 Å². The van der Waals surface area contributed by atoms with Crippen molar-refractivity contribution in [2.45, 2.75) is 36.0 Å². The Kier molecular flexibility index (Phi) is 4.17. The molecule has 1 unspecified atom stereocenters. The van der Waals surface area contributed by atoms with E-state index in [2.05, 4.69) is 20.1 Å². The number of thiophene rings is 1. The summed E-state index contributed by atoms with van der Waals surface area (Å²) in [6.45, 7) is 2.03. The lowest BCUT2D eigenvalue weighted by Crippen LogP contribution is -1.93. The van der Waals surface area contributed by atoms with Gasteiger partial charge in [-0.2, -0.15) is 4.98 Å². The van der Waals surface area contributed by atoms with E-state index in [4.69, 9.17) is 4.52 Å². The molecule has 1 atom stereocenters. The maximum Gasteiger partial charge on any atom is 0.239 e. The van der Waals surface area contributed by atoms with Crippen LogP contribution in [0.4, 0.5) is 4.39 Å². The molecule has 1 aliphatic rings. The van der Waals surface area contributed by atoms with Gasteiger partial charge in [0, 0.05) is 16.9 Å². The van der Waals surface area contributed by atoms with Crippen LogP contribution in [-0.2, 0) is 0 Å². The van der Waals surface area contributed by atoms with Crippen LogP contribution in [0.1, 0.15) is 42.6 Å². The van der Waals surface area contributed by atoms with Crippen LogP contribution in [0.15, 0.2) is 45.5 Å². The summed E-state index contributed by atoms with van der Waals surface area (Å²) in [5, 5.41) is 7.96. The standard InChI is InChI=1S/C19H15FN4OS2/c1-10(17-23-16(24-25-17)12-2-3-12)27-19-15-14(8-26-18(15)21-9-22-19)11-4-6-13(20)7-5-11/h4-10,12H,2-3H2,1H3. The van der Waals surface area contributed by atoms with Crippen LogP contribution in [0.3, 0.4) is 0 Å². The van der Waals surface area contributed by atoms with E-state index in [0.717, 1.165) is 45.0 Å². The number of fused-ring (bicyclic) bond motifs is 1. The number of thioether (sulfide) groups is 1. The molecule has 0 radical (unpaired) electrons.